The summed E-state index contributed by atoms with van der Waals surface area (Å²) in [6, 6.07) is 0. The van der Waals surface area contributed by atoms with Crippen molar-refractivity contribution in [1.29, 1.82) is 0 Å². The zero-order valence-electron chi connectivity index (χ0n) is 8.33. The second-order valence-electron chi connectivity index (χ2n) is 3.72. The number of carboxylic acids is 1. The van der Waals surface area contributed by atoms with Crippen LogP contribution in [0.1, 0.15) is 19.3 Å². The van der Waals surface area contributed by atoms with Crippen LogP contribution in [0.2, 0.25) is 0 Å². The quantitative estimate of drug-likeness (QED) is 0.818. The molecule has 1 fully saturated rings. The first-order valence-corrected chi connectivity index (χ1v) is 5.65. The van der Waals surface area contributed by atoms with Crippen molar-refractivity contribution in [3.8, 4) is 0 Å². The molecule has 1 aliphatic carbocycles. The predicted molar refractivity (Wildman–Crippen MR) is 59.5 cm³/mol. The molecule has 1 saturated carbocycles. The van der Waals surface area contributed by atoms with Crippen molar-refractivity contribution in [2.75, 3.05) is 6.54 Å². The highest BCUT2D eigenvalue weighted by atomic mass is 79.9. The third-order valence-corrected chi connectivity index (χ3v) is 2.90. The van der Waals surface area contributed by atoms with Gasteiger partial charge in [-0.1, -0.05) is 28.9 Å². The van der Waals surface area contributed by atoms with Gasteiger partial charge < -0.3 is 10.4 Å². The Morgan fingerprint density at radius 1 is 1.40 bits per heavy atom. The fourth-order valence-corrected chi connectivity index (χ4v) is 2.02. The summed E-state index contributed by atoms with van der Waals surface area (Å²) < 4.78 is 0.681. The van der Waals surface area contributed by atoms with E-state index in [9.17, 15) is 9.59 Å². The zero-order valence-corrected chi connectivity index (χ0v) is 9.92. The van der Waals surface area contributed by atoms with Crippen molar-refractivity contribution >= 4 is 27.8 Å². The molecule has 15 heavy (non-hydrogen) atoms. The molecule has 1 rings (SSSR count). The molecule has 0 saturated heterocycles. The van der Waals surface area contributed by atoms with E-state index in [2.05, 4.69) is 27.8 Å². The smallest absolute Gasteiger partial charge is 0.307 e. The average Bonchev–Trinajstić information content (AvgIpc) is 2.62. The third-order valence-electron chi connectivity index (χ3n) is 2.62. The molecule has 0 spiro atoms. The molecular formula is C10H14BrNO3. The molecule has 0 aromatic carbocycles. The number of rotatable bonds is 4. The van der Waals surface area contributed by atoms with Crippen LogP contribution in [-0.4, -0.2) is 23.5 Å². The van der Waals surface area contributed by atoms with E-state index in [1.807, 2.05) is 0 Å². The van der Waals surface area contributed by atoms with Gasteiger partial charge in [-0.15, -0.1) is 0 Å². The van der Waals surface area contributed by atoms with Gasteiger partial charge in [0.2, 0.25) is 5.91 Å². The monoisotopic (exact) mass is 275 g/mol. The highest BCUT2D eigenvalue weighted by molar-refractivity contribution is 9.11. The summed E-state index contributed by atoms with van der Waals surface area (Å²) in [4.78, 5) is 22.5. The van der Waals surface area contributed by atoms with E-state index < -0.39 is 11.9 Å². The van der Waals surface area contributed by atoms with Crippen molar-refractivity contribution in [2.45, 2.75) is 19.3 Å². The normalized spacial score (nSPS) is 24.9. The number of nitrogens with one attached hydrogen (secondary N) is 1. The van der Waals surface area contributed by atoms with Crippen molar-refractivity contribution in [3.63, 3.8) is 0 Å². The van der Waals surface area contributed by atoms with Crippen molar-refractivity contribution in [2.24, 2.45) is 11.8 Å². The molecule has 5 heteroatoms. The molecule has 2 atom stereocenters. The van der Waals surface area contributed by atoms with Crippen LogP contribution in [0.25, 0.3) is 0 Å². The van der Waals surface area contributed by atoms with E-state index in [0.29, 0.717) is 23.9 Å². The number of amides is 1. The Hall–Kier alpha value is -0.840. The minimum absolute atomic E-state index is 0.180. The average molecular weight is 276 g/mol. The number of hydrogen-bond donors (Lipinski definition) is 2. The maximum atomic E-state index is 11.6. The van der Waals surface area contributed by atoms with Crippen LogP contribution in [-0.2, 0) is 9.59 Å². The van der Waals surface area contributed by atoms with Gasteiger partial charge in [-0.2, -0.15) is 0 Å². The van der Waals surface area contributed by atoms with E-state index in [1.54, 1.807) is 0 Å². The summed E-state index contributed by atoms with van der Waals surface area (Å²) >= 11 is 3.13. The Kier molecular flexibility index (Phi) is 4.32. The molecular weight excluding hydrogens is 262 g/mol. The fraction of sp³-hybridized carbons (Fsp3) is 0.600. The first-order valence-electron chi connectivity index (χ1n) is 4.86. The summed E-state index contributed by atoms with van der Waals surface area (Å²) in [7, 11) is 0. The number of aliphatic carboxylic acids is 1. The van der Waals surface area contributed by atoms with Crippen molar-refractivity contribution < 1.29 is 14.7 Å². The Labute approximate surface area is 96.9 Å². The summed E-state index contributed by atoms with van der Waals surface area (Å²) in [5.74, 6) is -1.95. The molecule has 0 bridgehead atoms. The van der Waals surface area contributed by atoms with Gasteiger partial charge in [0.1, 0.15) is 0 Å². The molecule has 0 heterocycles. The molecule has 0 aromatic rings. The van der Waals surface area contributed by atoms with Gasteiger partial charge in [-0.3, -0.25) is 9.59 Å². The van der Waals surface area contributed by atoms with Crippen molar-refractivity contribution in [1.82, 2.24) is 5.32 Å². The van der Waals surface area contributed by atoms with Gasteiger partial charge in [-0.25, -0.2) is 0 Å². The summed E-state index contributed by atoms with van der Waals surface area (Å²) in [5.41, 5.74) is 0. The Balaban J connectivity index is 2.51. The molecule has 2 N–H and O–H groups in total. The lowest BCUT2D eigenvalue weighted by molar-refractivity contribution is -0.146. The van der Waals surface area contributed by atoms with Crippen molar-refractivity contribution in [3.05, 3.63) is 11.1 Å². The van der Waals surface area contributed by atoms with Crippen LogP contribution >= 0.6 is 15.9 Å². The molecule has 0 radical (unpaired) electrons. The lowest BCUT2D eigenvalue weighted by atomic mass is 9.95. The first kappa shape index (κ1) is 12.2. The number of carbonyl (C=O) groups excluding carboxylic acids is 1. The van der Waals surface area contributed by atoms with Crippen LogP contribution in [0.4, 0.5) is 0 Å². The highest BCUT2D eigenvalue weighted by Gasteiger charge is 2.37. The summed E-state index contributed by atoms with van der Waals surface area (Å²) in [6.07, 6.45) is 2.07. The largest absolute Gasteiger partial charge is 0.481 e. The van der Waals surface area contributed by atoms with E-state index in [1.165, 1.54) is 0 Å². The molecule has 2 unspecified atom stereocenters. The zero-order chi connectivity index (χ0) is 11.4. The van der Waals surface area contributed by atoms with Crippen LogP contribution in [0, 0.1) is 11.8 Å². The highest BCUT2D eigenvalue weighted by Crippen LogP contribution is 2.31. The standard InChI is InChI=1S/C10H14BrNO3/c1-6(11)5-12-9(13)7-3-2-4-8(7)10(14)15/h7-8H,1-5H2,(H,12,13)(H,14,15). The first-order chi connectivity index (χ1) is 7.02. The number of carbonyl (C=O) groups is 2. The summed E-state index contributed by atoms with van der Waals surface area (Å²) in [6.45, 7) is 3.94. The Bertz CT molecular complexity index is 290. The minimum Gasteiger partial charge on any atom is -0.481 e. The summed E-state index contributed by atoms with van der Waals surface area (Å²) in [5, 5.41) is 11.6. The molecule has 0 aliphatic heterocycles. The molecule has 0 aromatic heterocycles. The van der Waals surface area contributed by atoms with Gasteiger partial charge >= 0.3 is 5.97 Å². The number of halogens is 1. The molecule has 84 valence electrons. The van der Waals surface area contributed by atoms with Gasteiger partial charge in [0.15, 0.2) is 0 Å². The van der Waals surface area contributed by atoms with E-state index in [-0.39, 0.29) is 11.8 Å². The predicted octanol–water partition coefficient (Wildman–Crippen LogP) is 1.51. The minimum atomic E-state index is -0.870. The topological polar surface area (TPSA) is 66.4 Å². The second-order valence-corrected chi connectivity index (χ2v) is 4.84. The van der Waals surface area contributed by atoms with E-state index in [4.69, 9.17) is 5.11 Å². The maximum Gasteiger partial charge on any atom is 0.307 e. The Morgan fingerprint density at radius 2 is 2.00 bits per heavy atom. The van der Waals surface area contributed by atoms with Crippen LogP contribution in [0.3, 0.4) is 0 Å². The lowest BCUT2D eigenvalue weighted by Gasteiger charge is -2.15. The maximum absolute atomic E-state index is 11.6. The SMILES string of the molecule is C=C(Br)CNC(=O)C1CCCC1C(=O)O. The second kappa shape index (κ2) is 5.30. The Morgan fingerprint density at radius 3 is 2.53 bits per heavy atom. The van der Waals surface area contributed by atoms with Crippen LogP contribution < -0.4 is 5.32 Å². The van der Waals surface area contributed by atoms with Crippen LogP contribution in [0.15, 0.2) is 11.1 Å². The third kappa shape index (κ3) is 3.34. The van der Waals surface area contributed by atoms with Gasteiger partial charge in [0, 0.05) is 11.0 Å². The number of hydrogen-bond acceptors (Lipinski definition) is 2. The van der Waals surface area contributed by atoms with Gasteiger partial charge in [0.25, 0.3) is 0 Å². The lowest BCUT2D eigenvalue weighted by Crippen LogP contribution is -2.35. The van der Waals surface area contributed by atoms with Crippen LogP contribution in [0.5, 0.6) is 0 Å². The van der Waals surface area contributed by atoms with Gasteiger partial charge in [0.05, 0.1) is 11.8 Å². The molecule has 1 amide bonds. The fourth-order valence-electron chi connectivity index (χ4n) is 1.88. The van der Waals surface area contributed by atoms with E-state index >= 15 is 0 Å². The molecule has 4 nitrogen and oxygen atoms in total. The van der Waals surface area contributed by atoms with Gasteiger partial charge in [-0.05, 0) is 12.8 Å². The van der Waals surface area contributed by atoms with E-state index in [0.717, 1.165) is 6.42 Å². The number of carboxylic acid groups (broad SMARTS) is 1. The molecule has 1 aliphatic rings.